The van der Waals surface area contributed by atoms with Crippen molar-refractivity contribution < 1.29 is 0 Å². The molecule has 0 atom stereocenters. The third-order valence-corrected chi connectivity index (χ3v) is 3.31. The Hall–Kier alpha value is -0.910. The fourth-order valence-corrected chi connectivity index (χ4v) is 2.06. The van der Waals surface area contributed by atoms with Gasteiger partial charge in [0.2, 0.25) is 0 Å². The summed E-state index contributed by atoms with van der Waals surface area (Å²) in [6.07, 6.45) is 5.73. The monoisotopic (exact) mass is 237 g/mol. The number of hydrogen-bond donors (Lipinski definition) is 1. The molecular formula is C12H23N5. The van der Waals surface area contributed by atoms with Crippen LogP contribution < -0.4 is 5.32 Å². The summed E-state index contributed by atoms with van der Waals surface area (Å²) in [4.78, 5) is 8.97. The second kappa shape index (κ2) is 6.74. The van der Waals surface area contributed by atoms with Crippen molar-refractivity contribution >= 4 is 0 Å². The molecular weight excluding hydrogens is 214 g/mol. The van der Waals surface area contributed by atoms with Crippen LogP contribution in [0.4, 0.5) is 0 Å². The minimum atomic E-state index is 1.03. The molecule has 1 aliphatic heterocycles. The van der Waals surface area contributed by atoms with Crippen molar-refractivity contribution in [1.82, 2.24) is 24.7 Å². The van der Waals surface area contributed by atoms with Gasteiger partial charge in [0.15, 0.2) is 0 Å². The molecule has 1 aromatic rings. The van der Waals surface area contributed by atoms with Gasteiger partial charge in [-0.1, -0.05) is 0 Å². The van der Waals surface area contributed by atoms with Gasteiger partial charge in [0.1, 0.15) is 0 Å². The molecule has 0 radical (unpaired) electrons. The average Bonchev–Trinajstić information content (AvgIpc) is 2.88. The smallest absolute Gasteiger partial charge is 0.0946 e. The molecule has 1 aliphatic rings. The molecule has 1 saturated heterocycles. The molecule has 0 aromatic carbocycles. The summed E-state index contributed by atoms with van der Waals surface area (Å²) in [6.45, 7) is 9.10. The first-order valence-corrected chi connectivity index (χ1v) is 6.42. The van der Waals surface area contributed by atoms with Gasteiger partial charge in [-0.2, -0.15) is 0 Å². The van der Waals surface area contributed by atoms with Crippen molar-refractivity contribution in [2.75, 3.05) is 52.9 Å². The molecule has 0 unspecified atom stereocenters. The first-order chi connectivity index (χ1) is 8.34. The molecule has 1 fully saturated rings. The van der Waals surface area contributed by atoms with Gasteiger partial charge in [0, 0.05) is 64.8 Å². The first-order valence-electron chi connectivity index (χ1n) is 6.42. The summed E-state index contributed by atoms with van der Waals surface area (Å²) in [5.41, 5.74) is 0. The van der Waals surface area contributed by atoms with Gasteiger partial charge < -0.3 is 14.8 Å². The van der Waals surface area contributed by atoms with Crippen LogP contribution in [0.1, 0.15) is 0 Å². The molecule has 0 amide bonds. The van der Waals surface area contributed by atoms with E-state index in [9.17, 15) is 0 Å². The number of hydrogen-bond acceptors (Lipinski definition) is 4. The van der Waals surface area contributed by atoms with E-state index in [4.69, 9.17) is 0 Å². The van der Waals surface area contributed by atoms with Gasteiger partial charge in [-0.05, 0) is 7.05 Å². The van der Waals surface area contributed by atoms with Crippen LogP contribution in [0.25, 0.3) is 0 Å². The molecule has 1 aromatic heterocycles. The normalized spacial score (nSPS) is 17.8. The number of nitrogens with zero attached hydrogens (tertiary/aromatic N) is 4. The van der Waals surface area contributed by atoms with Crippen LogP contribution in [0, 0.1) is 0 Å². The summed E-state index contributed by atoms with van der Waals surface area (Å²) in [5.74, 6) is 0. The number of imidazole rings is 1. The lowest BCUT2D eigenvalue weighted by Gasteiger charge is -2.29. The van der Waals surface area contributed by atoms with E-state index < -0.39 is 0 Å². The molecule has 2 heterocycles. The van der Waals surface area contributed by atoms with E-state index in [1.54, 1.807) is 0 Å². The SMILES string of the molecule is CN(CCN1CCNCC1)CCn1ccnc1. The maximum Gasteiger partial charge on any atom is 0.0946 e. The summed E-state index contributed by atoms with van der Waals surface area (Å²) >= 11 is 0. The van der Waals surface area contributed by atoms with Crippen LogP contribution in [0.5, 0.6) is 0 Å². The predicted octanol–water partition coefficient (Wildman–Crippen LogP) is -0.280. The predicted molar refractivity (Wildman–Crippen MR) is 69.0 cm³/mol. The summed E-state index contributed by atoms with van der Waals surface area (Å²) < 4.78 is 2.13. The number of likely N-dealkylation sites (N-methyl/N-ethyl adjacent to an activating group) is 1. The van der Waals surface area contributed by atoms with E-state index in [1.165, 1.54) is 19.6 Å². The fourth-order valence-electron chi connectivity index (χ4n) is 2.06. The number of piperazine rings is 1. The Kier molecular flexibility index (Phi) is 4.97. The Bertz CT molecular complexity index is 292. The lowest BCUT2D eigenvalue weighted by Crippen LogP contribution is -2.46. The fraction of sp³-hybridized carbons (Fsp3) is 0.750. The van der Waals surface area contributed by atoms with E-state index in [2.05, 4.69) is 31.7 Å². The molecule has 17 heavy (non-hydrogen) atoms. The summed E-state index contributed by atoms with van der Waals surface area (Å²) in [6, 6.07) is 0. The zero-order valence-electron chi connectivity index (χ0n) is 10.7. The van der Waals surface area contributed by atoms with E-state index in [1.807, 2.05) is 18.7 Å². The van der Waals surface area contributed by atoms with Crippen LogP contribution >= 0.6 is 0 Å². The molecule has 96 valence electrons. The number of nitrogens with one attached hydrogen (secondary N) is 1. The highest BCUT2D eigenvalue weighted by Crippen LogP contribution is 1.94. The molecule has 5 nitrogen and oxygen atoms in total. The van der Waals surface area contributed by atoms with Crippen LogP contribution in [-0.4, -0.2) is 72.2 Å². The highest BCUT2D eigenvalue weighted by Gasteiger charge is 2.09. The summed E-state index contributed by atoms with van der Waals surface area (Å²) in [7, 11) is 2.19. The maximum atomic E-state index is 4.05. The van der Waals surface area contributed by atoms with E-state index in [0.717, 1.165) is 32.7 Å². The van der Waals surface area contributed by atoms with Gasteiger partial charge in [-0.25, -0.2) is 4.98 Å². The van der Waals surface area contributed by atoms with Crippen molar-refractivity contribution in [3.8, 4) is 0 Å². The second-order valence-corrected chi connectivity index (χ2v) is 4.70. The third kappa shape index (κ3) is 4.46. The molecule has 5 heteroatoms. The standard InChI is InChI=1S/C12H23N5/c1-15(9-11-17-7-4-14-12-17)8-10-16-5-2-13-3-6-16/h4,7,12-13H,2-3,5-6,8-11H2,1H3. The molecule has 0 spiro atoms. The average molecular weight is 237 g/mol. The van der Waals surface area contributed by atoms with Gasteiger partial charge in [-0.15, -0.1) is 0 Å². The van der Waals surface area contributed by atoms with Crippen molar-refractivity contribution in [2.45, 2.75) is 6.54 Å². The van der Waals surface area contributed by atoms with Crippen molar-refractivity contribution in [1.29, 1.82) is 0 Å². The van der Waals surface area contributed by atoms with E-state index in [-0.39, 0.29) is 0 Å². The summed E-state index contributed by atoms with van der Waals surface area (Å²) in [5, 5.41) is 3.38. The lowest BCUT2D eigenvalue weighted by molar-refractivity contribution is 0.202. The van der Waals surface area contributed by atoms with Crippen LogP contribution in [0.3, 0.4) is 0 Å². The molecule has 1 N–H and O–H groups in total. The molecule has 0 aliphatic carbocycles. The van der Waals surface area contributed by atoms with Gasteiger partial charge in [-0.3, -0.25) is 4.90 Å². The number of rotatable bonds is 6. The zero-order chi connectivity index (χ0) is 11.9. The van der Waals surface area contributed by atoms with Gasteiger partial charge in [0.25, 0.3) is 0 Å². The molecule has 2 rings (SSSR count). The first kappa shape index (κ1) is 12.5. The van der Waals surface area contributed by atoms with Crippen molar-refractivity contribution in [3.63, 3.8) is 0 Å². The Balaban J connectivity index is 1.58. The largest absolute Gasteiger partial charge is 0.336 e. The second-order valence-electron chi connectivity index (χ2n) is 4.70. The van der Waals surface area contributed by atoms with Crippen LogP contribution in [0.15, 0.2) is 18.7 Å². The Morgan fingerprint density at radius 3 is 2.71 bits per heavy atom. The van der Waals surface area contributed by atoms with E-state index in [0.29, 0.717) is 0 Å². The molecule has 0 bridgehead atoms. The topological polar surface area (TPSA) is 36.3 Å². The minimum absolute atomic E-state index is 1.03. The molecule has 0 saturated carbocycles. The Morgan fingerprint density at radius 2 is 2.00 bits per heavy atom. The Labute approximate surface area is 103 Å². The Morgan fingerprint density at radius 1 is 1.24 bits per heavy atom. The quantitative estimate of drug-likeness (QED) is 0.738. The van der Waals surface area contributed by atoms with Gasteiger partial charge in [0.05, 0.1) is 6.33 Å². The third-order valence-electron chi connectivity index (χ3n) is 3.31. The minimum Gasteiger partial charge on any atom is -0.336 e. The van der Waals surface area contributed by atoms with Crippen LogP contribution in [0.2, 0.25) is 0 Å². The maximum absolute atomic E-state index is 4.05. The number of aromatic nitrogens is 2. The highest BCUT2D eigenvalue weighted by molar-refractivity contribution is 4.74. The highest BCUT2D eigenvalue weighted by atomic mass is 15.2. The van der Waals surface area contributed by atoms with Crippen molar-refractivity contribution in [3.05, 3.63) is 18.7 Å². The van der Waals surface area contributed by atoms with Crippen molar-refractivity contribution in [2.24, 2.45) is 0 Å². The zero-order valence-corrected chi connectivity index (χ0v) is 10.7. The van der Waals surface area contributed by atoms with E-state index >= 15 is 0 Å². The van der Waals surface area contributed by atoms with Gasteiger partial charge >= 0.3 is 0 Å². The van der Waals surface area contributed by atoms with Crippen LogP contribution in [-0.2, 0) is 6.54 Å². The lowest BCUT2D eigenvalue weighted by atomic mass is 10.3.